The molecule has 0 radical (unpaired) electrons. The number of halogens is 1. The van der Waals surface area contributed by atoms with Crippen molar-refractivity contribution in [1.29, 1.82) is 0 Å². The van der Waals surface area contributed by atoms with Crippen LogP contribution >= 0.6 is 23.9 Å². The van der Waals surface area contributed by atoms with Gasteiger partial charge in [0.1, 0.15) is 5.82 Å². The van der Waals surface area contributed by atoms with Crippen molar-refractivity contribution in [3.63, 3.8) is 0 Å². The fourth-order valence-corrected chi connectivity index (χ4v) is 3.27. The van der Waals surface area contributed by atoms with Gasteiger partial charge in [-0.05, 0) is 43.1 Å². The average molecular weight is 284 g/mol. The number of likely N-dealkylation sites (N-methyl/N-ethyl adjacent to an activating group) is 1. The molecule has 0 unspecified atom stereocenters. The lowest BCUT2D eigenvalue weighted by molar-refractivity contribution is 0.444. The molecule has 1 aromatic heterocycles. The summed E-state index contributed by atoms with van der Waals surface area (Å²) in [4.78, 5) is 2.34. The molecule has 1 atom stereocenters. The second kappa shape index (κ2) is 5.87. The maximum Gasteiger partial charge on any atom is 0.150 e. The molecular formula is C13H18ClN3S. The first-order valence-corrected chi connectivity index (χ1v) is 6.91. The average Bonchev–Trinajstić information content (AvgIpc) is 2.83. The van der Waals surface area contributed by atoms with Crippen LogP contribution in [0.3, 0.4) is 0 Å². The molecule has 18 heavy (non-hydrogen) atoms. The number of piperidine rings is 1. The zero-order chi connectivity index (χ0) is 11.7. The van der Waals surface area contributed by atoms with E-state index in [0.29, 0.717) is 6.04 Å². The molecule has 0 aliphatic carbocycles. The molecule has 2 aromatic rings. The molecule has 1 fully saturated rings. The quantitative estimate of drug-likeness (QED) is 0.919. The van der Waals surface area contributed by atoms with Gasteiger partial charge in [0.05, 0.1) is 4.70 Å². The SMILES string of the molecule is CN(c1nsc2ccccc12)[C@@H]1CCCNC1.Cl. The lowest BCUT2D eigenvalue weighted by atomic mass is 10.1. The zero-order valence-corrected chi connectivity index (χ0v) is 12.1. The molecule has 0 saturated carbocycles. The molecule has 0 amide bonds. The number of anilines is 1. The van der Waals surface area contributed by atoms with Crippen LogP contribution in [0.2, 0.25) is 0 Å². The van der Waals surface area contributed by atoms with Gasteiger partial charge in [0.25, 0.3) is 0 Å². The van der Waals surface area contributed by atoms with Crippen molar-refractivity contribution in [1.82, 2.24) is 9.69 Å². The minimum atomic E-state index is 0. The number of fused-ring (bicyclic) bond motifs is 1. The van der Waals surface area contributed by atoms with Gasteiger partial charge in [-0.15, -0.1) is 12.4 Å². The molecule has 98 valence electrons. The van der Waals surface area contributed by atoms with Crippen LogP contribution in [0.25, 0.3) is 10.1 Å². The summed E-state index contributed by atoms with van der Waals surface area (Å²) in [5.41, 5.74) is 0. The number of aromatic nitrogens is 1. The number of rotatable bonds is 2. The summed E-state index contributed by atoms with van der Waals surface area (Å²) >= 11 is 1.59. The molecule has 1 aliphatic rings. The van der Waals surface area contributed by atoms with E-state index in [0.717, 1.165) is 18.9 Å². The summed E-state index contributed by atoms with van der Waals surface area (Å²) in [7, 11) is 2.17. The van der Waals surface area contributed by atoms with Gasteiger partial charge in [0, 0.05) is 25.0 Å². The summed E-state index contributed by atoms with van der Waals surface area (Å²) in [5.74, 6) is 1.14. The molecule has 5 heteroatoms. The van der Waals surface area contributed by atoms with E-state index in [4.69, 9.17) is 0 Å². The number of hydrogen-bond donors (Lipinski definition) is 1. The summed E-state index contributed by atoms with van der Waals surface area (Å²) in [5, 5.41) is 4.74. The molecule has 3 rings (SSSR count). The van der Waals surface area contributed by atoms with E-state index in [2.05, 4.69) is 45.9 Å². The van der Waals surface area contributed by atoms with Gasteiger partial charge >= 0.3 is 0 Å². The van der Waals surface area contributed by atoms with E-state index in [-0.39, 0.29) is 12.4 Å². The second-order valence-electron chi connectivity index (χ2n) is 4.61. The minimum absolute atomic E-state index is 0. The fraction of sp³-hybridized carbons (Fsp3) is 0.462. The molecular weight excluding hydrogens is 266 g/mol. The highest BCUT2D eigenvalue weighted by atomic mass is 35.5. The Hall–Kier alpha value is -0.840. The standard InChI is InChI=1S/C13H17N3S.ClH/c1-16(10-5-4-8-14-9-10)13-11-6-2-3-7-12(11)17-15-13;/h2-3,6-7,10,14H,4-5,8-9H2,1H3;1H/t10-;/m1./s1. The Morgan fingerprint density at radius 1 is 1.39 bits per heavy atom. The van der Waals surface area contributed by atoms with Crippen molar-refractivity contribution in [2.75, 3.05) is 25.0 Å². The van der Waals surface area contributed by atoms with Crippen molar-refractivity contribution < 1.29 is 0 Å². The van der Waals surface area contributed by atoms with Crippen LogP contribution in [0.1, 0.15) is 12.8 Å². The third kappa shape index (κ3) is 2.46. The van der Waals surface area contributed by atoms with E-state index >= 15 is 0 Å². The van der Waals surface area contributed by atoms with E-state index in [1.807, 2.05) is 0 Å². The van der Waals surface area contributed by atoms with E-state index < -0.39 is 0 Å². The summed E-state index contributed by atoms with van der Waals surface area (Å²) in [6.07, 6.45) is 2.52. The Kier molecular flexibility index (Phi) is 4.43. The predicted octanol–water partition coefficient (Wildman–Crippen LogP) is 2.91. The van der Waals surface area contributed by atoms with Crippen LogP contribution in [0.5, 0.6) is 0 Å². The molecule has 2 heterocycles. The van der Waals surface area contributed by atoms with Crippen LogP contribution in [-0.4, -0.2) is 30.6 Å². The second-order valence-corrected chi connectivity index (χ2v) is 5.42. The molecule has 1 saturated heterocycles. The highest BCUT2D eigenvalue weighted by molar-refractivity contribution is 7.13. The Labute approximate surface area is 118 Å². The Balaban J connectivity index is 0.00000120. The monoisotopic (exact) mass is 283 g/mol. The van der Waals surface area contributed by atoms with E-state index in [1.165, 1.54) is 22.9 Å². The van der Waals surface area contributed by atoms with Crippen molar-refractivity contribution in [2.24, 2.45) is 0 Å². The maximum atomic E-state index is 4.61. The molecule has 0 spiro atoms. The van der Waals surface area contributed by atoms with Gasteiger partial charge in [-0.2, -0.15) is 4.37 Å². The van der Waals surface area contributed by atoms with Crippen LogP contribution in [0.15, 0.2) is 24.3 Å². The summed E-state index contributed by atoms with van der Waals surface area (Å²) in [6, 6.07) is 9.05. The zero-order valence-electron chi connectivity index (χ0n) is 10.4. The molecule has 1 aliphatic heterocycles. The molecule has 1 N–H and O–H groups in total. The highest BCUT2D eigenvalue weighted by Gasteiger charge is 2.21. The predicted molar refractivity (Wildman–Crippen MR) is 81.2 cm³/mol. The van der Waals surface area contributed by atoms with E-state index in [1.54, 1.807) is 11.5 Å². The smallest absolute Gasteiger partial charge is 0.150 e. The van der Waals surface area contributed by atoms with Crippen LogP contribution in [0, 0.1) is 0 Å². The van der Waals surface area contributed by atoms with Gasteiger partial charge in [0.15, 0.2) is 0 Å². The Bertz CT molecular complexity index is 508. The molecule has 0 bridgehead atoms. The third-order valence-electron chi connectivity index (χ3n) is 3.51. The van der Waals surface area contributed by atoms with Crippen LogP contribution in [-0.2, 0) is 0 Å². The Morgan fingerprint density at radius 2 is 2.22 bits per heavy atom. The van der Waals surface area contributed by atoms with Gasteiger partial charge < -0.3 is 10.2 Å². The lowest BCUT2D eigenvalue weighted by Gasteiger charge is -2.32. The van der Waals surface area contributed by atoms with Crippen molar-refractivity contribution in [3.8, 4) is 0 Å². The normalized spacial score (nSPS) is 19.5. The van der Waals surface area contributed by atoms with Crippen molar-refractivity contribution in [3.05, 3.63) is 24.3 Å². The van der Waals surface area contributed by atoms with Gasteiger partial charge in [-0.25, -0.2) is 0 Å². The van der Waals surface area contributed by atoms with Crippen LogP contribution < -0.4 is 10.2 Å². The first kappa shape index (κ1) is 13.6. The maximum absolute atomic E-state index is 4.61. The van der Waals surface area contributed by atoms with Crippen molar-refractivity contribution in [2.45, 2.75) is 18.9 Å². The van der Waals surface area contributed by atoms with Gasteiger partial charge in [0.2, 0.25) is 0 Å². The Morgan fingerprint density at radius 3 is 3.00 bits per heavy atom. The summed E-state index contributed by atoms with van der Waals surface area (Å²) < 4.78 is 5.89. The summed E-state index contributed by atoms with van der Waals surface area (Å²) in [6.45, 7) is 2.23. The van der Waals surface area contributed by atoms with E-state index in [9.17, 15) is 0 Å². The topological polar surface area (TPSA) is 28.2 Å². The molecule has 3 nitrogen and oxygen atoms in total. The number of benzene rings is 1. The number of hydrogen-bond acceptors (Lipinski definition) is 4. The lowest BCUT2D eigenvalue weighted by Crippen LogP contribution is -2.44. The molecule has 1 aromatic carbocycles. The number of nitrogens with one attached hydrogen (secondary N) is 1. The third-order valence-corrected chi connectivity index (χ3v) is 4.33. The minimum Gasteiger partial charge on any atom is -0.354 e. The fourth-order valence-electron chi connectivity index (χ4n) is 2.46. The first-order valence-electron chi connectivity index (χ1n) is 6.14. The van der Waals surface area contributed by atoms with Gasteiger partial charge in [-0.1, -0.05) is 12.1 Å². The van der Waals surface area contributed by atoms with Crippen LogP contribution in [0.4, 0.5) is 5.82 Å². The first-order chi connectivity index (χ1) is 8.36. The van der Waals surface area contributed by atoms with Gasteiger partial charge in [-0.3, -0.25) is 0 Å². The largest absolute Gasteiger partial charge is 0.354 e. The van der Waals surface area contributed by atoms with Crippen molar-refractivity contribution >= 4 is 39.8 Å². The number of nitrogens with zero attached hydrogens (tertiary/aromatic N) is 2. The highest BCUT2D eigenvalue weighted by Crippen LogP contribution is 2.30.